The molecular weight excluding hydrogens is 539 g/mol. The summed E-state index contributed by atoms with van der Waals surface area (Å²) >= 11 is 6.92. The van der Waals surface area contributed by atoms with Gasteiger partial charge in [0.25, 0.3) is 10.0 Å². The zero-order valence-corrected chi connectivity index (χ0v) is 22.1. The molecule has 0 fully saturated rings. The van der Waals surface area contributed by atoms with Gasteiger partial charge in [-0.25, -0.2) is 13.2 Å². The zero-order valence-electron chi connectivity index (χ0n) is 19.7. The highest BCUT2D eigenvalue weighted by atomic mass is 35.5. The van der Waals surface area contributed by atoms with E-state index in [1.54, 1.807) is 49.4 Å². The molecular formula is C24H25ClF3NO5S2. The first-order chi connectivity index (χ1) is 16.6. The van der Waals surface area contributed by atoms with Gasteiger partial charge in [-0.05, 0) is 80.5 Å². The second kappa shape index (κ2) is 10.6. The number of thiophene rings is 1. The number of fused-ring (bicyclic) bond motifs is 1. The molecule has 0 radical (unpaired) electrons. The molecule has 12 heteroatoms. The molecule has 1 aromatic heterocycles. The number of sulfonamides is 1. The van der Waals surface area contributed by atoms with Crippen LogP contribution in [0.15, 0.2) is 46.7 Å². The number of aliphatic carboxylic acids is 1. The summed E-state index contributed by atoms with van der Waals surface area (Å²) in [6.07, 6.45) is -4.36. The van der Waals surface area contributed by atoms with Crippen LogP contribution in [0.2, 0.25) is 5.02 Å². The average Bonchev–Trinajstić information content (AvgIpc) is 3.08. The number of benzene rings is 2. The highest BCUT2D eigenvalue weighted by Gasteiger charge is 2.38. The van der Waals surface area contributed by atoms with Gasteiger partial charge >= 0.3 is 12.1 Å². The SMILES string of the molecule is Cc1c(S(=O)(=O)N(CCCc2cccc(OC(C)(C)C(=O)O)c2)CC(F)(F)F)sc2ccc(Cl)cc12. The Hall–Kier alpha value is -2.34. The third-order valence-electron chi connectivity index (χ3n) is 5.44. The second-order valence-corrected chi connectivity index (χ2v) is 12.4. The van der Waals surface area contributed by atoms with Gasteiger partial charge in [0.1, 0.15) is 16.5 Å². The highest BCUT2D eigenvalue weighted by Crippen LogP contribution is 2.37. The summed E-state index contributed by atoms with van der Waals surface area (Å²) in [5.74, 6) is -0.862. The van der Waals surface area contributed by atoms with Gasteiger partial charge in [0.15, 0.2) is 5.60 Å². The minimum atomic E-state index is -4.73. The Labute approximate surface area is 216 Å². The molecule has 6 nitrogen and oxygen atoms in total. The Morgan fingerprint density at radius 3 is 2.50 bits per heavy atom. The molecule has 1 heterocycles. The van der Waals surface area contributed by atoms with E-state index in [0.717, 1.165) is 11.3 Å². The molecule has 0 aliphatic heterocycles. The number of halogens is 4. The quantitative estimate of drug-likeness (QED) is 0.313. The predicted molar refractivity (Wildman–Crippen MR) is 133 cm³/mol. The lowest BCUT2D eigenvalue weighted by atomic mass is 10.1. The molecule has 196 valence electrons. The van der Waals surface area contributed by atoms with Crippen molar-refractivity contribution in [1.29, 1.82) is 0 Å². The van der Waals surface area contributed by atoms with E-state index in [2.05, 4.69) is 0 Å². The highest BCUT2D eigenvalue weighted by molar-refractivity contribution is 7.91. The Bertz CT molecular complexity index is 1370. The van der Waals surface area contributed by atoms with E-state index < -0.39 is 34.3 Å². The third-order valence-corrected chi connectivity index (χ3v) is 9.39. The molecule has 3 aromatic rings. The smallest absolute Gasteiger partial charge is 0.402 e. The summed E-state index contributed by atoms with van der Waals surface area (Å²) in [5, 5.41) is 10.2. The average molecular weight is 564 g/mol. The molecule has 0 saturated carbocycles. The number of ether oxygens (including phenoxy) is 1. The largest absolute Gasteiger partial charge is 0.478 e. The van der Waals surface area contributed by atoms with Gasteiger partial charge in [-0.3, -0.25) is 0 Å². The minimum Gasteiger partial charge on any atom is -0.478 e. The number of hydrogen-bond acceptors (Lipinski definition) is 5. The third kappa shape index (κ3) is 6.70. The standard InChI is InChI=1S/C24H25ClF3NO5S2/c1-15-19-13-17(25)9-10-20(19)35-21(15)36(32,33)29(14-24(26,27)28)11-5-7-16-6-4-8-18(12-16)34-23(2,3)22(30)31/h4,6,8-10,12-13H,5,7,11,14H2,1-3H3,(H,30,31). The number of carbonyl (C=O) groups is 1. The molecule has 0 spiro atoms. The summed E-state index contributed by atoms with van der Waals surface area (Å²) in [6, 6.07) is 11.3. The van der Waals surface area contributed by atoms with Crippen LogP contribution < -0.4 is 4.74 Å². The van der Waals surface area contributed by atoms with Crippen LogP contribution in [0.25, 0.3) is 10.1 Å². The lowest BCUT2D eigenvalue weighted by molar-refractivity contribution is -0.152. The van der Waals surface area contributed by atoms with Gasteiger partial charge in [-0.2, -0.15) is 17.5 Å². The van der Waals surface area contributed by atoms with E-state index in [1.807, 2.05) is 0 Å². The fourth-order valence-corrected chi connectivity index (χ4v) is 7.10. The Morgan fingerprint density at radius 2 is 1.86 bits per heavy atom. The Kier molecular flexibility index (Phi) is 8.29. The summed E-state index contributed by atoms with van der Waals surface area (Å²) < 4.78 is 73.1. The molecule has 0 aliphatic rings. The molecule has 2 aromatic carbocycles. The molecule has 0 aliphatic carbocycles. The second-order valence-electron chi connectivity index (χ2n) is 8.78. The van der Waals surface area contributed by atoms with Crippen LogP contribution in [0.5, 0.6) is 5.75 Å². The fraction of sp³-hybridized carbons (Fsp3) is 0.375. The first-order valence-corrected chi connectivity index (χ1v) is 13.5. The van der Waals surface area contributed by atoms with Gasteiger partial charge in [0, 0.05) is 16.3 Å². The van der Waals surface area contributed by atoms with Crippen molar-refractivity contribution in [3.8, 4) is 5.75 Å². The predicted octanol–water partition coefficient (Wildman–Crippen LogP) is 6.29. The van der Waals surface area contributed by atoms with Crippen LogP contribution in [-0.4, -0.2) is 48.7 Å². The molecule has 36 heavy (non-hydrogen) atoms. The van der Waals surface area contributed by atoms with Crippen LogP contribution in [0.3, 0.4) is 0 Å². The minimum absolute atomic E-state index is 0.108. The molecule has 0 saturated heterocycles. The van der Waals surface area contributed by atoms with Gasteiger partial charge in [0.05, 0.1) is 0 Å². The zero-order chi connectivity index (χ0) is 26.9. The maximum atomic E-state index is 13.4. The first-order valence-electron chi connectivity index (χ1n) is 10.9. The van der Waals surface area contributed by atoms with Crippen molar-refractivity contribution in [2.75, 3.05) is 13.1 Å². The summed E-state index contributed by atoms with van der Waals surface area (Å²) in [7, 11) is -4.44. The number of rotatable bonds is 10. The van der Waals surface area contributed by atoms with Crippen LogP contribution in [-0.2, 0) is 21.2 Å². The molecule has 3 rings (SSSR count). The summed E-state index contributed by atoms with van der Waals surface area (Å²) in [5.41, 5.74) is -0.441. The van der Waals surface area contributed by atoms with Crippen molar-refractivity contribution >= 4 is 49.0 Å². The lowest BCUT2D eigenvalue weighted by Gasteiger charge is -2.23. The van der Waals surface area contributed by atoms with Crippen molar-refractivity contribution in [2.24, 2.45) is 0 Å². The van der Waals surface area contributed by atoms with E-state index in [1.165, 1.54) is 13.8 Å². The van der Waals surface area contributed by atoms with Crippen LogP contribution in [0.4, 0.5) is 13.2 Å². The maximum absolute atomic E-state index is 13.4. The van der Waals surface area contributed by atoms with Gasteiger partial charge in [-0.15, -0.1) is 11.3 Å². The van der Waals surface area contributed by atoms with Gasteiger partial charge < -0.3 is 9.84 Å². The molecule has 0 bridgehead atoms. The van der Waals surface area contributed by atoms with Gasteiger partial charge in [0.2, 0.25) is 0 Å². The molecule has 0 unspecified atom stereocenters. The fourth-order valence-electron chi connectivity index (χ4n) is 3.58. The Morgan fingerprint density at radius 1 is 1.17 bits per heavy atom. The van der Waals surface area contributed by atoms with E-state index in [0.29, 0.717) is 36.3 Å². The van der Waals surface area contributed by atoms with Crippen molar-refractivity contribution in [3.05, 3.63) is 58.6 Å². The molecule has 0 amide bonds. The number of aryl methyl sites for hydroxylation is 2. The van der Waals surface area contributed by atoms with Crippen molar-refractivity contribution in [2.45, 2.75) is 49.6 Å². The van der Waals surface area contributed by atoms with E-state index in [9.17, 15) is 31.5 Å². The number of hydrogen-bond donors (Lipinski definition) is 1. The maximum Gasteiger partial charge on any atom is 0.402 e. The lowest BCUT2D eigenvalue weighted by Crippen LogP contribution is -2.39. The van der Waals surface area contributed by atoms with Crippen molar-refractivity contribution < 1.29 is 36.2 Å². The number of alkyl halides is 3. The van der Waals surface area contributed by atoms with Crippen LogP contribution in [0, 0.1) is 6.92 Å². The van der Waals surface area contributed by atoms with Crippen molar-refractivity contribution in [3.63, 3.8) is 0 Å². The van der Waals surface area contributed by atoms with Crippen molar-refractivity contribution in [1.82, 2.24) is 4.31 Å². The topological polar surface area (TPSA) is 83.9 Å². The Balaban J connectivity index is 1.81. The number of carboxylic acid groups (broad SMARTS) is 1. The number of nitrogens with zero attached hydrogens (tertiary/aromatic N) is 1. The van der Waals surface area contributed by atoms with E-state index >= 15 is 0 Å². The van der Waals surface area contributed by atoms with Gasteiger partial charge in [-0.1, -0.05) is 23.7 Å². The molecule has 1 N–H and O–H groups in total. The van der Waals surface area contributed by atoms with Crippen LogP contribution in [0.1, 0.15) is 31.4 Å². The van der Waals surface area contributed by atoms with Crippen LogP contribution >= 0.6 is 22.9 Å². The summed E-state index contributed by atoms with van der Waals surface area (Å²) in [4.78, 5) is 11.3. The van der Waals surface area contributed by atoms with E-state index in [-0.39, 0.29) is 23.6 Å². The first kappa shape index (κ1) is 28.2. The molecule has 0 atom stereocenters. The summed E-state index contributed by atoms with van der Waals surface area (Å²) in [6.45, 7) is 2.37. The van der Waals surface area contributed by atoms with E-state index in [4.69, 9.17) is 16.3 Å². The monoisotopic (exact) mass is 563 g/mol. The number of carboxylic acids is 1. The normalized spacial score (nSPS) is 12.9.